The van der Waals surface area contributed by atoms with Gasteiger partial charge in [-0.05, 0) is 64.1 Å². The van der Waals surface area contributed by atoms with Gasteiger partial charge in [0.15, 0.2) is 11.4 Å². The molecule has 4 aromatic rings. The summed E-state index contributed by atoms with van der Waals surface area (Å²) in [4.78, 5) is 24.7. The molecular weight excluding hydrogens is 678 g/mol. The molecule has 2 aromatic carbocycles. The Kier molecular flexibility index (Phi) is 12.1. The molecule has 0 fully saturated rings. The van der Waals surface area contributed by atoms with Crippen LogP contribution in [0.15, 0.2) is 66.4 Å². The van der Waals surface area contributed by atoms with Gasteiger partial charge in [0.05, 0.1) is 31.5 Å². The normalized spacial score (nSPS) is 10.9. The third-order valence-corrected chi connectivity index (χ3v) is 7.99. The van der Waals surface area contributed by atoms with E-state index in [0.29, 0.717) is 31.5 Å². The Labute approximate surface area is 282 Å². The molecular formula is C30H24Cl4N8O4. The lowest BCUT2D eigenvalue weighted by Crippen LogP contribution is -2.20. The second kappa shape index (κ2) is 15.5. The monoisotopic (exact) mass is 700 g/mol. The van der Waals surface area contributed by atoms with Crippen molar-refractivity contribution in [2.24, 2.45) is 20.5 Å². The highest BCUT2D eigenvalue weighted by atomic mass is 35.5. The standard InChI is InChI=1S/2C15H12Cl2N4O2/c2*1-3-21-14(22)10(7-18)8(2)13(15(21)23)20-19-9-4-5-11(16)12(17)6-9/h2*4-6,22H,3H2,1-2H3. The summed E-state index contributed by atoms with van der Waals surface area (Å²) < 4.78 is 2.13. The molecule has 0 radical (unpaired) electrons. The number of aromatic hydroxyl groups is 2. The number of azo groups is 2. The molecule has 4 rings (SSSR count). The topological polar surface area (TPSA) is 181 Å². The molecule has 0 aliphatic rings. The summed E-state index contributed by atoms with van der Waals surface area (Å²) in [6.07, 6.45) is 0. The molecule has 0 saturated carbocycles. The Balaban J connectivity index is 0.000000250. The average molecular weight is 702 g/mol. The van der Waals surface area contributed by atoms with Crippen LogP contribution in [0.3, 0.4) is 0 Å². The maximum absolute atomic E-state index is 12.3. The second-order valence-electron chi connectivity index (χ2n) is 9.26. The fraction of sp³-hybridized carbons (Fsp3) is 0.200. The van der Waals surface area contributed by atoms with Crippen molar-refractivity contribution in [1.82, 2.24) is 9.13 Å². The van der Waals surface area contributed by atoms with E-state index >= 15 is 0 Å². The summed E-state index contributed by atoms with van der Waals surface area (Å²) in [5.41, 5.74) is 0.284. The van der Waals surface area contributed by atoms with Gasteiger partial charge in [0.25, 0.3) is 11.1 Å². The number of aromatic nitrogens is 2. The molecule has 46 heavy (non-hydrogen) atoms. The van der Waals surface area contributed by atoms with Crippen molar-refractivity contribution < 1.29 is 10.2 Å². The molecule has 12 nitrogen and oxygen atoms in total. The smallest absolute Gasteiger partial charge is 0.281 e. The summed E-state index contributed by atoms with van der Waals surface area (Å²) in [5, 5.41) is 55.4. The van der Waals surface area contributed by atoms with E-state index in [2.05, 4.69) is 20.5 Å². The number of nitriles is 2. The first-order valence-corrected chi connectivity index (χ1v) is 14.8. The van der Waals surface area contributed by atoms with Gasteiger partial charge in [-0.1, -0.05) is 46.4 Å². The predicted molar refractivity (Wildman–Crippen MR) is 176 cm³/mol. The van der Waals surface area contributed by atoms with Crippen LogP contribution < -0.4 is 11.1 Å². The van der Waals surface area contributed by atoms with E-state index in [1.807, 2.05) is 12.1 Å². The zero-order valence-corrected chi connectivity index (χ0v) is 27.7. The van der Waals surface area contributed by atoms with Crippen LogP contribution in [-0.4, -0.2) is 19.3 Å². The van der Waals surface area contributed by atoms with Crippen molar-refractivity contribution in [3.8, 4) is 23.9 Å². The van der Waals surface area contributed by atoms with Crippen LogP contribution in [0.4, 0.5) is 22.7 Å². The van der Waals surface area contributed by atoms with E-state index < -0.39 is 11.1 Å². The summed E-state index contributed by atoms with van der Waals surface area (Å²) in [7, 11) is 0. The van der Waals surface area contributed by atoms with Gasteiger partial charge in [-0.15, -0.1) is 10.2 Å². The van der Waals surface area contributed by atoms with E-state index in [1.54, 1.807) is 38.1 Å². The van der Waals surface area contributed by atoms with Crippen LogP contribution in [-0.2, 0) is 13.1 Å². The fourth-order valence-electron chi connectivity index (χ4n) is 4.01. The molecule has 236 valence electrons. The third-order valence-electron chi connectivity index (χ3n) is 6.51. The van der Waals surface area contributed by atoms with Gasteiger partial charge in [-0.2, -0.15) is 20.8 Å². The lowest BCUT2D eigenvalue weighted by atomic mass is 10.1. The van der Waals surface area contributed by atoms with Crippen molar-refractivity contribution in [2.75, 3.05) is 0 Å². The van der Waals surface area contributed by atoms with Crippen molar-refractivity contribution in [1.29, 1.82) is 10.5 Å². The molecule has 2 heterocycles. The average Bonchev–Trinajstić information content (AvgIpc) is 3.01. The number of hydrogen-bond acceptors (Lipinski definition) is 10. The molecule has 2 N–H and O–H groups in total. The highest BCUT2D eigenvalue weighted by Gasteiger charge is 2.19. The fourth-order valence-corrected chi connectivity index (χ4v) is 4.60. The first-order valence-electron chi connectivity index (χ1n) is 13.3. The quantitative estimate of drug-likeness (QED) is 0.189. The van der Waals surface area contributed by atoms with Crippen LogP contribution in [0.25, 0.3) is 0 Å². The van der Waals surface area contributed by atoms with E-state index in [1.165, 1.54) is 26.0 Å². The minimum atomic E-state index is -0.523. The molecule has 0 aliphatic carbocycles. The van der Waals surface area contributed by atoms with E-state index in [9.17, 15) is 19.8 Å². The Morgan fingerprint density at radius 3 is 1.28 bits per heavy atom. The molecule has 0 atom stereocenters. The minimum absolute atomic E-state index is 0.00506. The summed E-state index contributed by atoms with van der Waals surface area (Å²) >= 11 is 23.4. The van der Waals surface area contributed by atoms with Gasteiger partial charge in [0.1, 0.15) is 23.3 Å². The largest absolute Gasteiger partial charge is 0.493 e. The lowest BCUT2D eigenvalue weighted by Gasteiger charge is -2.10. The lowest BCUT2D eigenvalue weighted by molar-refractivity contribution is 0.408. The van der Waals surface area contributed by atoms with Gasteiger partial charge in [-0.3, -0.25) is 18.7 Å². The van der Waals surface area contributed by atoms with Gasteiger partial charge in [0, 0.05) is 24.2 Å². The summed E-state index contributed by atoms with van der Waals surface area (Å²) in [6, 6.07) is 13.1. The molecule has 0 unspecified atom stereocenters. The van der Waals surface area contributed by atoms with Gasteiger partial charge >= 0.3 is 0 Å². The molecule has 0 saturated heterocycles. The molecule has 0 spiro atoms. The zero-order chi connectivity index (χ0) is 34.3. The molecule has 0 amide bonds. The predicted octanol–water partition coefficient (Wildman–Crippen LogP) is 8.95. The van der Waals surface area contributed by atoms with Crippen molar-refractivity contribution >= 4 is 69.2 Å². The van der Waals surface area contributed by atoms with Gasteiger partial charge in [0.2, 0.25) is 11.8 Å². The van der Waals surface area contributed by atoms with Crippen LogP contribution in [0.5, 0.6) is 11.8 Å². The molecule has 16 heteroatoms. The van der Waals surface area contributed by atoms with Gasteiger partial charge in [-0.25, -0.2) is 0 Å². The van der Waals surface area contributed by atoms with Crippen molar-refractivity contribution in [2.45, 2.75) is 40.8 Å². The molecule has 0 aliphatic heterocycles. The zero-order valence-electron chi connectivity index (χ0n) is 24.7. The van der Waals surface area contributed by atoms with Crippen molar-refractivity contribution in [3.63, 3.8) is 0 Å². The number of halogens is 4. The van der Waals surface area contributed by atoms with Crippen LogP contribution >= 0.6 is 46.4 Å². The SMILES string of the molecule is CCn1c(O)c(C#N)c(C)c(N=Nc2ccc(Cl)c(Cl)c2)c1=O.CCn1c(O)c(C#N)c(C)c(N=Nc2ccc(Cl)c(Cl)c2)c1=O. The summed E-state index contributed by atoms with van der Waals surface area (Å²) in [5.74, 6) is -0.739. The first kappa shape index (κ1) is 35.8. The number of pyridine rings is 2. The Bertz CT molecular complexity index is 1940. The van der Waals surface area contributed by atoms with Crippen LogP contribution in [0, 0.1) is 36.5 Å². The highest BCUT2D eigenvalue weighted by Crippen LogP contribution is 2.31. The Morgan fingerprint density at radius 1 is 0.652 bits per heavy atom. The van der Waals surface area contributed by atoms with Crippen LogP contribution in [0.2, 0.25) is 20.1 Å². The number of hydrogen-bond donors (Lipinski definition) is 2. The minimum Gasteiger partial charge on any atom is -0.493 e. The van der Waals surface area contributed by atoms with E-state index in [0.717, 1.165) is 9.13 Å². The molecule has 0 bridgehead atoms. The first-order chi connectivity index (χ1) is 21.8. The summed E-state index contributed by atoms with van der Waals surface area (Å²) in [6.45, 7) is 6.82. The Morgan fingerprint density at radius 2 is 1.00 bits per heavy atom. The molecule has 2 aromatic heterocycles. The number of nitrogens with zero attached hydrogens (tertiary/aromatic N) is 8. The second-order valence-corrected chi connectivity index (χ2v) is 10.9. The van der Waals surface area contributed by atoms with Gasteiger partial charge < -0.3 is 10.2 Å². The maximum atomic E-state index is 12.3. The number of rotatable bonds is 6. The Hall–Kier alpha value is -4.72. The third kappa shape index (κ3) is 7.56. The van der Waals surface area contributed by atoms with Crippen LogP contribution in [0.1, 0.15) is 36.1 Å². The van der Waals surface area contributed by atoms with E-state index in [-0.39, 0.29) is 58.5 Å². The highest BCUT2D eigenvalue weighted by molar-refractivity contribution is 6.42. The number of benzene rings is 2. The maximum Gasteiger partial charge on any atom is 0.281 e. The van der Waals surface area contributed by atoms with Crippen molar-refractivity contribution in [3.05, 3.63) is 99.5 Å². The van der Waals surface area contributed by atoms with E-state index in [4.69, 9.17) is 56.9 Å².